The molecule has 0 bridgehead atoms. The molecule has 0 aromatic heterocycles. The first-order valence-electron chi connectivity index (χ1n) is 5.81. The van der Waals surface area contributed by atoms with Crippen LogP contribution < -0.4 is 0 Å². The molecule has 0 aliphatic carbocycles. The average Bonchev–Trinajstić information content (AvgIpc) is 2.38. The van der Waals surface area contributed by atoms with Crippen LogP contribution in [0.3, 0.4) is 0 Å². The van der Waals surface area contributed by atoms with Gasteiger partial charge in [-0.15, -0.1) is 0 Å². The Labute approximate surface area is 103 Å². The Hall–Kier alpha value is -1.36. The zero-order valence-electron chi connectivity index (χ0n) is 9.67. The van der Waals surface area contributed by atoms with Gasteiger partial charge in [0, 0.05) is 12.2 Å². The Morgan fingerprint density at radius 3 is 2.33 bits per heavy atom. The van der Waals surface area contributed by atoms with Crippen molar-refractivity contribution in [1.29, 1.82) is 0 Å². The van der Waals surface area contributed by atoms with Gasteiger partial charge in [-0.25, -0.2) is 0 Å². The van der Waals surface area contributed by atoms with Gasteiger partial charge < -0.3 is 4.74 Å². The number of benzene rings is 1. The lowest BCUT2D eigenvalue weighted by atomic mass is 9.99. The number of ketones is 1. The van der Waals surface area contributed by atoms with Gasteiger partial charge in [0.1, 0.15) is 6.10 Å². The van der Waals surface area contributed by atoms with Gasteiger partial charge in [-0.05, 0) is 31.4 Å². The fourth-order valence-electron chi connectivity index (χ4n) is 1.96. The van der Waals surface area contributed by atoms with E-state index in [2.05, 4.69) is 0 Å². The smallest absolute Gasteiger partial charge is 0.370 e. The standard InChI is InChI=1S/C13H13F3O2/c14-13(15,16)10-6-4-9(5-7-10)12(17)11-3-1-2-8-18-11/h4-7,11H,1-3,8H2. The van der Waals surface area contributed by atoms with Crippen LogP contribution in [0.1, 0.15) is 35.2 Å². The molecule has 1 aromatic carbocycles. The largest absolute Gasteiger partial charge is 0.416 e. The summed E-state index contributed by atoms with van der Waals surface area (Å²) in [6.45, 7) is 0.539. The Morgan fingerprint density at radius 2 is 1.83 bits per heavy atom. The summed E-state index contributed by atoms with van der Waals surface area (Å²) in [5, 5.41) is 0. The zero-order valence-corrected chi connectivity index (χ0v) is 9.67. The van der Waals surface area contributed by atoms with E-state index >= 15 is 0 Å². The second-order valence-corrected chi connectivity index (χ2v) is 4.29. The van der Waals surface area contributed by atoms with Crippen LogP contribution in [0.2, 0.25) is 0 Å². The van der Waals surface area contributed by atoms with Crippen LogP contribution in [0.4, 0.5) is 13.2 Å². The highest BCUT2D eigenvalue weighted by Gasteiger charge is 2.31. The van der Waals surface area contributed by atoms with Crippen LogP contribution in [0, 0.1) is 0 Å². The highest BCUT2D eigenvalue weighted by atomic mass is 19.4. The summed E-state index contributed by atoms with van der Waals surface area (Å²) in [7, 11) is 0. The maximum absolute atomic E-state index is 12.4. The molecule has 18 heavy (non-hydrogen) atoms. The van der Waals surface area contributed by atoms with E-state index < -0.39 is 17.8 Å². The summed E-state index contributed by atoms with van der Waals surface area (Å²) in [5.41, 5.74) is -0.474. The van der Waals surface area contributed by atoms with Gasteiger partial charge in [0.15, 0.2) is 5.78 Å². The minimum atomic E-state index is -4.37. The number of ether oxygens (including phenoxy) is 1. The van der Waals surface area contributed by atoms with Crippen molar-refractivity contribution in [3.05, 3.63) is 35.4 Å². The number of Topliss-reactive ketones (excluding diaryl/α,β-unsaturated/α-hetero) is 1. The molecule has 1 aliphatic rings. The molecule has 0 spiro atoms. The molecule has 1 saturated heterocycles. The van der Waals surface area contributed by atoms with Crippen molar-refractivity contribution in [1.82, 2.24) is 0 Å². The molecule has 0 radical (unpaired) electrons. The van der Waals surface area contributed by atoms with E-state index in [9.17, 15) is 18.0 Å². The predicted molar refractivity (Wildman–Crippen MR) is 59.4 cm³/mol. The van der Waals surface area contributed by atoms with Crippen molar-refractivity contribution in [2.24, 2.45) is 0 Å². The quantitative estimate of drug-likeness (QED) is 0.759. The van der Waals surface area contributed by atoms with E-state index in [0.717, 1.165) is 25.0 Å². The van der Waals surface area contributed by atoms with Gasteiger partial charge in [-0.3, -0.25) is 4.79 Å². The van der Waals surface area contributed by atoms with Crippen LogP contribution in [-0.2, 0) is 10.9 Å². The summed E-state index contributed by atoms with van der Waals surface area (Å²) >= 11 is 0. The van der Waals surface area contributed by atoms with Gasteiger partial charge in [0.25, 0.3) is 0 Å². The Bertz CT molecular complexity index is 417. The van der Waals surface area contributed by atoms with Crippen LogP contribution in [0.15, 0.2) is 24.3 Å². The molecule has 1 unspecified atom stereocenters. The van der Waals surface area contributed by atoms with Crippen molar-refractivity contribution in [2.45, 2.75) is 31.5 Å². The van der Waals surface area contributed by atoms with Gasteiger partial charge in [-0.1, -0.05) is 12.1 Å². The molecule has 1 aromatic rings. The van der Waals surface area contributed by atoms with Gasteiger partial charge in [-0.2, -0.15) is 13.2 Å². The molecular formula is C13H13F3O2. The minimum absolute atomic E-state index is 0.233. The Morgan fingerprint density at radius 1 is 1.17 bits per heavy atom. The van der Waals surface area contributed by atoms with E-state index in [1.807, 2.05) is 0 Å². The van der Waals surface area contributed by atoms with Crippen molar-refractivity contribution in [3.63, 3.8) is 0 Å². The van der Waals surface area contributed by atoms with Crippen LogP contribution >= 0.6 is 0 Å². The number of carbonyl (C=O) groups is 1. The zero-order chi connectivity index (χ0) is 13.2. The summed E-state index contributed by atoms with van der Waals surface area (Å²) in [6.07, 6.45) is -2.40. The van der Waals surface area contributed by atoms with Gasteiger partial charge in [0.2, 0.25) is 0 Å². The molecular weight excluding hydrogens is 245 g/mol. The summed E-state index contributed by atoms with van der Waals surface area (Å²) < 4.78 is 42.4. The average molecular weight is 258 g/mol. The van der Waals surface area contributed by atoms with E-state index in [4.69, 9.17) is 4.74 Å². The lowest BCUT2D eigenvalue weighted by Crippen LogP contribution is -2.28. The summed E-state index contributed by atoms with van der Waals surface area (Å²) in [4.78, 5) is 12.0. The van der Waals surface area contributed by atoms with E-state index in [1.165, 1.54) is 12.1 Å². The number of hydrogen-bond donors (Lipinski definition) is 0. The fraction of sp³-hybridized carbons (Fsp3) is 0.462. The van der Waals surface area contributed by atoms with Crippen LogP contribution in [0.25, 0.3) is 0 Å². The molecule has 1 atom stereocenters. The second kappa shape index (κ2) is 5.10. The molecule has 1 aliphatic heterocycles. The Balaban J connectivity index is 2.11. The molecule has 0 amide bonds. The van der Waals surface area contributed by atoms with Crippen LogP contribution in [-0.4, -0.2) is 18.5 Å². The van der Waals surface area contributed by atoms with Crippen molar-refractivity contribution in [2.75, 3.05) is 6.61 Å². The predicted octanol–water partition coefficient (Wildman–Crippen LogP) is 3.46. The van der Waals surface area contributed by atoms with E-state index in [0.29, 0.717) is 13.0 Å². The second-order valence-electron chi connectivity index (χ2n) is 4.29. The third-order valence-electron chi connectivity index (χ3n) is 2.97. The third kappa shape index (κ3) is 2.90. The molecule has 1 heterocycles. The first kappa shape index (κ1) is 13.1. The molecule has 2 rings (SSSR count). The minimum Gasteiger partial charge on any atom is -0.370 e. The summed E-state index contributed by atoms with van der Waals surface area (Å²) in [6, 6.07) is 4.28. The SMILES string of the molecule is O=C(c1ccc(C(F)(F)F)cc1)C1CCCCO1. The molecule has 0 N–H and O–H groups in total. The molecule has 98 valence electrons. The maximum atomic E-state index is 12.4. The van der Waals surface area contributed by atoms with E-state index in [-0.39, 0.29) is 11.3 Å². The monoisotopic (exact) mass is 258 g/mol. The summed E-state index contributed by atoms with van der Waals surface area (Å²) in [5.74, 6) is -0.233. The number of alkyl halides is 3. The highest BCUT2D eigenvalue weighted by molar-refractivity contribution is 5.99. The van der Waals surface area contributed by atoms with Gasteiger partial charge in [0.05, 0.1) is 5.56 Å². The van der Waals surface area contributed by atoms with Crippen molar-refractivity contribution in [3.8, 4) is 0 Å². The number of halogens is 3. The molecule has 2 nitrogen and oxygen atoms in total. The highest BCUT2D eigenvalue weighted by Crippen LogP contribution is 2.29. The number of hydrogen-bond acceptors (Lipinski definition) is 2. The Kier molecular flexibility index (Phi) is 3.71. The maximum Gasteiger partial charge on any atom is 0.416 e. The number of carbonyl (C=O) groups excluding carboxylic acids is 1. The fourth-order valence-corrected chi connectivity index (χ4v) is 1.96. The molecule has 0 saturated carbocycles. The first-order chi connectivity index (χ1) is 8.48. The molecule has 1 fully saturated rings. The van der Waals surface area contributed by atoms with Gasteiger partial charge >= 0.3 is 6.18 Å². The molecule has 5 heteroatoms. The number of rotatable bonds is 2. The first-order valence-corrected chi connectivity index (χ1v) is 5.81. The van der Waals surface area contributed by atoms with Crippen molar-refractivity contribution < 1.29 is 22.7 Å². The lowest BCUT2D eigenvalue weighted by Gasteiger charge is -2.21. The normalized spacial score (nSPS) is 20.7. The lowest BCUT2D eigenvalue weighted by molar-refractivity contribution is -0.137. The van der Waals surface area contributed by atoms with Crippen molar-refractivity contribution >= 4 is 5.78 Å². The topological polar surface area (TPSA) is 26.3 Å². The van der Waals surface area contributed by atoms with Crippen LogP contribution in [0.5, 0.6) is 0 Å². The van der Waals surface area contributed by atoms with E-state index in [1.54, 1.807) is 0 Å². The third-order valence-corrected chi connectivity index (χ3v) is 2.97.